The summed E-state index contributed by atoms with van der Waals surface area (Å²) in [5, 5.41) is 0. The lowest BCUT2D eigenvalue weighted by molar-refractivity contribution is 0.278. The molecule has 0 aromatic carbocycles. The van der Waals surface area contributed by atoms with Gasteiger partial charge in [0.15, 0.2) is 0 Å². The van der Waals surface area contributed by atoms with Gasteiger partial charge in [-0.25, -0.2) is 4.98 Å². The molecule has 0 aliphatic carbocycles. The molecule has 0 unspecified atom stereocenters. The molecule has 1 nitrogen and oxygen atoms in total. The molecule has 1 aromatic heterocycles. The summed E-state index contributed by atoms with van der Waals surface area (Å²) in [6, 6.07) is 4.14. The number of pyridine rings is 1. The van der Waals surface area contributed by atoms with E-state index in [4.69, 9.17) is 0 Å². The third kappa shape index (κ3) is 3.53. The van der Waals surface area contributed by atoms with E-state index in [1.54, 1.807) is 0 Å². The molecule has 0 radical (unpaired) electrons. The first-order valence-electron chi connectivity index (χ1n) is 6.84. The van der Waals surface area contributed by atoms with Gasteiger partial charge in [-0.05, 0) is 59.3 Å². The predicted molar refractivity (Wildman–Crippen MR) is 78.8 cm³/mol. The lowest BCUT2D eigenvalue weighted by Crippen LogP contribution is -2.28. The molecule has 0 atom stereocenters. The number of aromatic nitrogens is 1. The fourth-order valence-electron chi connectivity index (χ4n) is 2.22. The van der Waals surface area contributed by atoms with Crippen molar-refractivity contribution < 1.29 is 4.39 Å². The topological polar surface area (TPSA) is 12.9 Å². The molecule has 0 aliphatic rings. The van der Waals surface area contributed by atoms with Gasteiger partial charge in [0.2, 0.25) is 0 Å². The fraction of sp³-hybridized carbons (Fsp3) is 0.667. The summed E-state index contributed by atoms with van der Waals surface area (Å²) >= 11 is 3.45. The van der Waals surface area contributed by atoms with Gasteiger partial charge in [-0.3, -0.25) is 4.39 Å². The summed E-state index contributed by atoms with van der Waals surface area (Å²) in [6.07, 6.45) is 4.95. The zero-order valence-electron chi connectivity index (χ0n) is 11.6. The van der Waals surface area contributed by atoms with Gasteiger partial charge in [0, 0.05) is 5.41 Å². The van der Waals surface area contributed by atoms with Crippen LogP contribution >= 0.6 is 15.9 Å². The van der Waals surface area contributed by atoms with E-state index in [9.17, 15) is 4.39 Å². The second-order valence-electron chi connectivity index (χ2n) is 4.91. The smallest absolute Gasteiger partial charge is 0.106 e. The van der Waals surface area contributed by atoms with Crippen LogP contribution in [0.4, 0.5) is 4.39 Å². The van der Waals surface area contributed by atoms with Crippen LogP contribution in [0.1, 0.15) is 57.7 Å². The van der Waals surface area contributed by atoms with Crippen molar-refractivity contribution in [2.45, 2.75) is 58.3 Å². The Morgan fingerprint density at radius 3 is 2.39 bits per heavy atom. The predicted octanol–water partition coefficient (Wildman–Crippen LogP) is 5.21. The van der Waals surface area contributed by atoms with Crippen molar-refractivity contribution in [3.05, 3.63) is 28.0 Å². The molecular weight excluding hydrogens is 293 g/mol. The van der Waals surface area contributed by atoms with Crippen molar-refractivity contribution >= 4 is 15.9 Å². The molecular formula is C15H23BrFN. The molecule has 0 amide bonds. The van der Waals surface area contributed by atoms with Gasteiger partial charge in [-0.15, -0.1) is 0 Å². The van der Waals surface area contributed by atoms with E-state index in [1.807, 2.05) is 19.9 Å². The molecule has 1 heterocycles. The zero-order chi connectivity index (χ0) is 13.6. The van der Waals surface area contributed by atoms with Crippen LogP contribution in [0.25, 0.3) is 0 Å². The van der Waals surface area contributed by atoms with E-state index in [-0.39, 0.29) is 6.67 Å². The Morgan fingerprint density at radius 1 is 1.22 bits per heavy atom. The quantitative estimate of drug-likeness (QED) is 0.629. The highest BCUT2D eigenvalue weighted by molar-refractivity contribution is 9.10. The minimum Gasteiger partial charge on any atom is -0.250 e. The molecule has 0 fully saturated rings. The van der Waals surface area contributed by atoms with Gasteiger partial charge >= 0.3 is 0 Å². The number of halogens is 2. The monoisotopic (exact) mass is 315 g/mol. The van der Waals surface area contributed by atoms with Gasteiger partial charge in [0.1, 0.15) is 11.3 Å². The lowest BCUT2D eigenvalue weighted by atomic mass is 9.79. The number of hydrogen-bond acceptors (Lipinski definition) is 1. The Hall–Kier alpha value is -0.440. The van der Waals surface area contributed by atoms with Crippen LogP contribution in [0.5, 0.6) is 0 Å². The van der Waals surface area contributed by atoms with E-state index >= 15 is 0 Å². The molecule has 0 saturated heterocycles. The minimum atomic E-state index is -0.412. The SMILES string of the molecule is CCCCc1cc(Br)nc(C(CC)(CC)CF)c1. The molecule has 0 spiro atoms. The molecule has 18 heavy (non-hydrogen) atoms. The Morgan fingerprint density at radius 2 is 1.89 bits per heavy atom. The Balaban J connectivity index is 3.10. The van der Waals surface area contributed by atoms with Crippen LogP contribution in [0.15, 0.2) is 16.7 Å². The molecule has 1 rings (SSSR count). The zero-order valence-corrected chi connectivity index (χ0v) is 13.2. The highest BCUT2D eigenvalue weighted by atomic mass is 79.9. The van der Waals surface area contributed by atoms with Crippen LogP contribution in [-0.2, 0) is 11.8 Å². The number of hydrogen-bond donors (Lipinski definition) is 0. The normalized spacial score (nSPS) is 11.8. The van der Waals surface area contributed by atoms with E-state index in [0.717, 1.165) is 36.0 Å². The Labute approximate surface area is 118 Å². The van der Waals surface area contributed by atoms with E-state index in [0.29, 0.717) is 0 Å². The van der Waals surface area contributed by atoms with E-state index in [2.05, 4.69) is 33.9 Å². The maximum Gasteiger partial charge on any atom is 0.106 e. The molecule has 3 heteroatoms. The molecule has 0 bridgehead atoms. The summed E-state index contributed by atoms with van der Waals surface area (Å²) in [6.45, 7) is 5.92. The number of nitrogens with zero attached hydrogens (tertiary/aromatic N) is 1. The maximum atomic E-state index is 13.5. The number of aryl methyl sites for hydroxylation is 1. The van der Waals surface area contributed by atoms with Crippen molar-refractivity contribution in [3.63, 3.8) is 0 Å². The average molecular weight is 316 g/mol. The van der Waals surface area contributed by atoms with Crippen LogP contribution in [0.2, 0.25) is 0 Å². The van der Waals surface area contributed by atoms with Gasteiger partial charge in [-0.2, -0.15) is 0 Å². The molecule has 0 aliphatic heterocycles. The average Bonchev–Trinajstić information content (AvgIpc) is 2.39. The van der Waals surface area contributed by atoms with Crippen LogP contribution in [0.3, 0.4) is 0 Å². The highest BCUT2D eigenvalue weighted by Gasteiger charge is 2.30. The van der Waals surface area contributed by atoms with Gasteiger partial charge < -0.3 is 0 Å². The summed E-state index contributed by atoms with van der Waals surface area (Å²) < 4.78 is 14.3. The summed E-state index contributed by atoms with van der Waals surface area (Å²) in [4.78, 5) is 4.50. The first kappa shape index (κ1) is 15.6. The second-order valence-corrected chi connectivity index (χ2v) is 5.72. The van der Waals surface area contributed by atoms with Crippen molar-refractivity contribution in [2.75, 3.05) is 6.67 Å². The maximum absolute atomic E-state index is 13.5. The third-order valence-corrected chi connectivity index (χ3v) is 4.23. The van der Waals surface area contributed by atoms with E-state index in [1.165, 1.54) is 12.0 Å². The van der Waals surface area contributed by atoms with Crippen LogP contribution < -0.4 is 0 Å². The molecule has 0 saturated carbocycles. The number of rotatable bonds is 7. The molecule has 0 N–H and O–H groups in total. The first-order chi connectivity index (χ1) is 8.61. The Bertz CT molecular complexity index is 366. The summed E-state index contributed by atoms with van der Waals surface area (Å²) in [5.74, 6) is 0. The summed E-state index contributed by atoms with van der Waals surface area (Å²) in [5.41, 5.74) is 1.74. The lowest BCUT2D eigenvalue weighted by Gasteiger charge is -2.28. The first-order valence-corrected chi connectivity index (χ1v) is 7.64. The van der Waals surface area contributed by atoms with Gasteiger partial charge in [0.25, 0.3) is 0 Å². The van der Waals surface area contributed by atoms with E-state index < -0.39 is 5.41 Å². The second kappa shape index (κ2) is 7.22. The number of alkyl halides is 1. The van der Waals surface area contributed by atoms with Crippen LogP contribution in [-0.4, -0.2) is 11.7 Å². The summed E-state index contributed by atoms with van der Waals surface area (Å²) in [7, 11) is 0. The molecule has 102 valence electrons. The highest BCUT2D eigenvalue weighted by Crippen LogP contribution is 2.32. The standard InChI is InChI=1S/C15H23BrFN/c1-4-7-8-12-9-13(18-14(16)10-12)15(5-2,6-3)11-17/h9-10H,4-8,11H2,1-3H3. The van der Waals surface area contributed by atoms with Crippen molar-refractivity contribution in [1.29, 1.82) is 0 Å². The largest absolute Gasteiger partial charge is 0.250 e. The Kier molecular flexibility index (Phi) is 6.27. The minimum absolute atomic E-state index is 0.337. The molecule has 1 aromatic rings. The van der Waals surface area contributed by atoms with Gasteiger partial charge in [0.05, 0.1) is 5.69 Å². The van der Waals surface area contributed by atoms with Crippen LogP contribution in [0, 0.1) is 0 Å². The third-order valence-electron chi connectivity index (χ3n) is 3.83. The van der Waals surface area contributed by atoms with Crippen molar-refractivity contribution in [1.82, 2.24) is 4.98 Å². The fourth-order valence-corrected chi connectivity index (χ4v) is 2.70. The number of unbranched alkanes of at least 4 members (excludes halogenated alkanes) is 1. The van der Waals surface area contributed by atoms with Crippen molar-refractivity contribution in [3.8, 4) is 0 Å². The van der Waals surface area contributed by atoms with Crippen molar-refractivity contribution in [2.24, 2.45) is 0 Å². The van der Waals surface area contributed by atoms with Gasteiger partial charge in [-0.1, -0.05) is 27.2 Å².